The lowest BCUT2D eigenvalue weighted by atomic mass is 9.77. The van der Waals surface area contributed by atoms with Gasteiger partial charge in [0.25, 0.3) is 0 Å². The molecule has 1 aliphatic carbocycles. The first kappa shape index (κ1) is 18.8. The quantitative estimate of drug-likeness (QED) is 0.500. The molecule has 2 N–H and O–H groups in total. The number of nitrogens with zero attached hydrogens (tertiary/aromatic N) is 3. The number of hydrogen-bond acceptors (Lipinski definition) is 3. The van der Waals surface area contributed by atoms with Crippen molar-refractivity contribution in [2.75, 3.05) is 6.54 Å². The van der Waals surface area contributed by atoms with E-state index in [0.717, 1.165) is 25.0 Å². The molecule has 6 rings (SSSR count). The number of benzene rings is 1. The number of aromatic nitrogens is 4. The number of aryl methyl sites for hydroxylation is 2. The lowest BCUT2D eigenvalue weighted by molar-refractivity contribution is 0.566. The van der Waals surface area contributed by atoms with Crippen LogP contribution in [-0.2, 0) is 19.9 Å². The van der Waals surface area contributed by atoms with Gasteiger partial charge in [-0.15, -0.1) is 0 Å². The van der Waals surface area contributed by atoms with Crippen LogP contribution in [0.1, 0.15) is 59.0 Å². The molecule has 2 atom stereocenters. The Hall–Kier alpha value is -2.92. The van der Waals surface area contributed by atoms with Gasteiger partial charge in [-0.1, -0.05) is 6.07 Å². The minimum absolute atomic E-state index is 0.481. The summed E-state index contributed by atoms with van der Waals surface area (Å²) in [5, 5.41) is 9.38. The molecule has 4 aromatic rings. The van der Waals surface area contributed by atoms with E-state index in [0.29, 0.717) is 12.0 Å². The van der Waals surface area contributed by atoms with Crippen LogP contribution in [0.5, 0.6) is 0 Å². The fourth-order valence-corrected chi connectivity index (χ4v) is 5.59. The molecule has 1 aliphatic heterocycles. The number of H-pyrrole nitrogens is 1. The van der Waals surface area contributed by atoms with E-state index >= 15 is 0 Å². The van der Waals surface area contributed by atoms with Crippen LogP contribution in [-0.4, -0.2) is 26.3 Å². The third-order valence-corrected chi connectivity index (χ3v) is 7.29. The largest absolute Gasteiger partial charge is 0.346 e. The number of fused-ring (bicyclic) bond motifs is 2. The highest BCUT2D eigenvalue weighted by molar-refractivity contribution is 5.84. The van der Waals surface area contributed by atoms with E-state index in [2.05, 4.69) is 46.7 Å². The first-order valence-corrected chi connectivity index (χ1v) is 11.5. The Morgan fingerprint density at radius 1 is 1.10 bits per heavy atom. The van der Waals surface area contributed by atoms with Crippen LogP contribution >= 0.6 is 0 Å². The fourth-order valence-electron chi connectivity index (χ4n) is 5.59. The van der Waals surface area contributed by atoms with Crippen LogP contribution in [0.2, 0.25) is 0 Å². The molecular weight excluding hydrogens is 382 g/mol. The average molecular weight is 412 g/mol. The smallest absolute Gasteiger partial charge is 0.137 e. The molecule has 0 saturated carbocycles. The predicted molar refractivity (Wildman–Crippen MR) is 124 cm³/mol. The Morgan fingerprint density at radius 3 is 2.84 bits per heavy atom. The molecule has 0 radical (unpaired) electrons. The molecule has 4 heterocycles. The number of nitrogens with one attached hydrogen (secondary N) is 2. The van der Waals surface area contributed by atoms with Crippen LogP contribution in [0.3, 0.4) is 0 Å². The number of rotatable bonds is 3. The van der Waals surface area contributed by atoms with Crippen LogP contribution < -0.4 is 5.32 Å². The maximum absolute atomic E-state index is 4.70. The van der Waals surface area contributed by atoms with Crippen LogP contribution in [0.4, 0.5) is 0 Å². The summed E-state index contributed by atoms with van der Waals surface area (Å²) in [6.45, 7) is 3.27. The third kappa shape index (κ3) is 3.28. The summed E-state index contributed by atoms with van der Waals surface area (Å²) in [5.41, 5.74) is 10.7. The van der Waals surface area contributed by atoms with E-state index < -0.39 is 0 Å². The monoisotopic (exact) mass is 411 g/mol. The molecule has 31 heavy (non-hydrogen) atoms. The minimum atomic E-state index is 0.481. The van der Waals surface area contributed by atoms with E-state index in [9.17, 15) is 0 Å². The van der Waals surface area contributed by atoms with E-state index in [1.54, 1.807) is 5.56 Å². The summed E-state index contributed by atoms with van der Waals surface area (Å²) in [6.07, 6.45) is 14.2. The average Bonchev–Trinajstić information content (AvgIpc) is 3.54. The molecule has 0 bridgehead atoms. The molecular formula is C26H29N5. The van der Waals surface area contributed by atoms with Crippen molar-refractivity contribution in [1.82, 2.24) is 25.1 Å². The Balaban J connectivity index is 1.46. The topological polar surface area (TPSA) is 58.5 Å². The SMILES string of the molecule is Cc1c[nH]c2ncc(-c3cc4c(c([C@@H]5CCCN5)c3)CCC(c3cnn(C)c3)C4)cc12. The van der Waals surface area contributed by atoms with Crippen LogP contribution in [0.25, 0.3) is 22.2 Å². The fraction of sp³-hybridized carbons (Fsp3) is 0.385. The van der Waals surface area contributed by atoms with Crippen molar-refractivity contribution in [3.05, 3.63) is 70.8 Å². The second-order valence-corrected chi connectivity index (χ2v) is 9.33. The van der Waals surface area contributed by atoms with Crippen molar-refractivity contribution < 1.29 is 0 Å². The van der Waals surface area contributed by atoms with E-state index in [4.69, 9.17) is 4.98 Å². The highest BCUT2D eigenvalue weighted by Crippen LogP contribution is 2.40. The van der Waals surface area contributed by atoms with Gasteiger partial charge in [-0.25, -0.2) is 4.98 Å². The van der Waals surface area contributed by atoms with Gasteiger partial charge in [-0.05, 0) is 97.0 Å². The minimum Gasteiger partial charge on any atom is -0.346 e. The number of hydrogen-bond donors (Lipinski definition) is 2. The van der Waals surface area contributed by atoms with Gasteiger partial charge < -0.3 is 10.3 Å². The van der Waals surface area contributed by atoms with Gasteiger partial charge in [0.2, 0.25) is 0 Å². The summed E-state index contributed by atoms with van der Waals surface area (Å²) >= 11 is 0. The maximum Gasteiger partial charge on any atom is 0.137 e. The molecule has 0 spiro atoms. The molecule has 1 aromatic carbocycles. The summed E-state index contributed by atoms with van der Waals surface area (Å²) in [6, 6.07) is 7.65. The second-order valence-electron chi connectivity index (χ2n) is 9.33. The standard InChI is InChI=1S/C26H29N5/c1-16-12-28-26-23(16)11-20(13-29-26)18-9-19-8-17(21-14-30-31(2)15-21)5-6-22(19)24(10-18)25-4-3-7-27-25/h9-15,17,25,27H,3-8H2,1-2H3,(H,28,29)/t17?,25-/m0/s1. The molecule has 1 fully saturated rings. The van der Waals surface area contributed by atoms with Crippen molar-refractivity contribution in [1.29, 1.82) is 0 Å². The lowest BCUT2D eigenvalue weighted by Crippen LogP contribution is -2.20. The Labute approximate surface area is 182 Å². The summed E-state index contributed by atoms with van der Waals surface area (Å²) in [7, 11) is 2.01. The molecule has 158 valence electrons. The molecule has 1 saturated heterocycles. The summed E-state index contributed by atoms with van der Waals surface area (Å²) in [5.74, 6) is 0.549. The van der Waals surface area contributed by atoms with Gasteiger partial charge >= 0.3 is 0 Å². The van der Waals surface area contributed by atoms with E-state index in [1.807, 2.05) is 30.3 Å². The molecule has 3 aromatic heterocycles. The van der Waals surface area contributed by atoms with Gasteiger partial charge in [-0.3, -0.25) is 4.68 Å². The highest BCUT2D eigenvalue weighted by Gasteiger charge is 2.28. The zero-order valence-corrected chi connectivity index (χ0v) is 18.3. The van der Waals surface area contributed by atoms with Gasteiger partial charge in [-0.2, -0.15) is 5.10 Å². The molecule has 1 unspecified atom stereocenters. The maximum atomic E-state index is 4.70. The van der Waals surface area contributed by atoms with Gasteiger partial charge in [0.15, 0.2) is 0 Å². The lowest BCUT2D eigenvalue weighted by Gasteiger charge is -2.29. The van der Waals surface area contributed by atoms with Crippen LogP contribution in [0, 0.1) is 6.92 Å². The molecule has 0 amide bonds. The Bertz CT molecular complexity index is 1260. The zero-order valence-electron chi connectivity index (χ0n) is 18.3. The van der Waals surface area contributed by atoms with Gasteiger partial charge in [0.1, 0.15) is 5.65 Å². The van der Waals surface area contributed by atoms with Crippen molar-refractivity contribution >= 4 is 11.0 Å². The molecule has 5 heteroatoms. The number of aromatic amines is 1. The van der Waals surface area contributed by atoms with Crippen molar-refractivity contribution in [3.8, 4) is 11.1 Å². The van der Waals surface area contributed by atoms with Gasteiger partial charge in [0.05, 0.1) is 6.20 Å². The second kappa shape index (κ2) is 7.34. The Morgan fingerprint density at radius 2 is 2.03 bits per heavy atom. The van der Waals surface area contributed by atoms with Crippen molar-refractivity contribution in [2.45, 2.75) is 51.0 Å². The highest BCUT2D eigenvalue weighted by atomic mass is 15.2. The van der Waals surface area contributed by atoms with Crippen LogP contribution in [0.15, 0.2) is 43.0 Å². The van der Waals surface area contributed by atoms with E-state index in [1.165, 1.54) is 58.0 Å². The first-order valence-electron chi connectivity index (χ1n) is 11.5. The predicted octanol–water partition coefficient (Wildman–Crippen LogP) is 4.97. The first-order chi connectivity index (χ1) is 15.2. The molecule has 2 aliphatic rings. The van der Waals surface area contributed by atoms with Gasteiger partial charge in [0, 0.05) is 42.6 Å². The Kier molecular flexibility index (Phi) is 4.46. The molecule has 5 nitrogen and oxygen atoms in total. The van der Waals surface area contributed by atoms with Crippen molar-refractivity contribution in [3.63, 3.8) is 0 Å². The third-order valence-electron chi connectivity index (χ3n) is 7.29. The van der Waals surface area contributed by atoms with E-state index in [-0.39, 0.29) is 0 Å². The van der Waals surface area contributed by atoms with Crippen molar-refractivity contribution in [2.24, 2.45) is 7.05 Å². The summed E-state index contributed by atoms with van der Waals surface area (Å²) in [4.78, 5) is 7.97. The number of pyridine rings is 1. The summed E-state index contributed by atoms with van der Waals surface area (Å²) < 4.78 is 1.93. The zero-order chi connectivity index (χ0) is 20.9. The normalized spacial score (nSPS) is 21.0.